The number of esters is 1. The van der Waals surface area contributed by atoms with E-state index in [9.17, 15) is 14.4 Å². The van der Waals surface area contributed by atoms with Crippen molar-refractivity contribution in [2.45, 2.75) is 51.7 Å². The number of carbonyl (C=O) groups excluding carboxylic acids is 2. The van der Waals surface area contributed by atoms with Gasteiger partial charge in [0.15, 0.2) is 0 Å². The number of amides is 1. The fraction of sp³-hybridized carbons (Fsp3) is 0.522. The van der Waals surface area contributed by atoms with Crippen LogP contribution in [0.5, 0.6) is 0 Å². The van der Waals surface area contributed by atoms with Crippen LogP contribution in [-0.4, -0.2) is 91.0 Å². The molecule has 37 heavy (non-hydrogen) atoms. The van der Waals surface area contributed by atoms with E-state index in [1.165, 1.54) is 16.5 Å². The maximum absolute atomic E-state index is 13.0. The van der Waals surface area contributed by atoms with Crippen molar-refractivity contribution in [1.82, 2.24) is 24.7 Å². The summed E-state index contributed by atoms with van der Waals surface area (Å²) >= 11 is 0. The molecule has 14 nitrogen and oxygen atoms in total. The molecule has 0 radical (unpaired) electrons. The van der Waals surface area contributed by atoms with Gasteiger partial charge < -0.3 is 19.8 Å². The number of carbonyl (C=O) groups is 4. The van der Waals surface area contributed by atoms with Gasteiger partial charge in [-0.2, -0.15) is 9.36 Å². The lowest BCUT2D eigenvalue weighted by molar-refractivity contribution is -0.159. The minimum Gasteiger partial charge on any atom is -0.473 e. The minimum absolute atomic E-state index is 0.118. The van der Waals surface area contributed by atoms with Gasteiger partial charge in [-0.1, -0.05) is 25.1 Å². The number of aryl methyl sites for hydroxylation is 1. The van der Waals surface area contributed by atoms with Crippen molar-refractivity contribution in [3.63, 3.8) is 0 Å². The van der Waals surface area contributed by atoms with Gasteiger partial charge in [-0.3, -0.25) is 9.69 Å². The number of nitrogens with zero attached hydrogens (tertiary/aromatic N) is 6. The first-order chi connectivity index (χ1) is 17.6. The van der Waals surface area contributed by atoms with Gasteiger partial charge in [-0.25, -0.2) is 19.2 Å². The summed E-state index contributed by atoms with van der Waals surface area (Å²) in [5, 5.41) is 22.5. The number of hydrogen-bond donors (Lipinski definition) is 2. The predicted octanol–water partition coefficient (Wildman–Crippen LogP) is 0.0661. The van der Waals surface area contributed by atoms with Gasteiger partial charge in [0.25, 0.3) is 0 Å². The Labute approximate surface area is 213 Å². The Kier molecular flexibility index (Phi) is 10.5. The van der Waals surface area contributed by atoms with Crippen LogP contribution >= 0.6 is 0 Å². The van der Waals surface area contributed by atoms with E-state index in [1.54, 1.807) is 11.8 Å². The molecule has 1 aromatic carbocycles. The van der Waals surface area contributed by atoms with Crippen molar-refractivity contribution < 1.29 is 34.1 Å². The van der Waals surface area contributed by atoms with Crippen LogP contribution in [0, 0.1) is 0 Å². The molecule has 1 aliphatic heterocycles. The van der Waals surface area contributed by atoms with E-state index in [2.05, 4.69) is 15.3 Å². The Morgan fingerprint density at radius 2 is 1.54 bits per heavy atom. The molecule has 0 unspecified atom stereocenters. The quantitative estimate of drug-likeness (QED) is 0.355. The van der Waals surface area contributed by atoms with E-state index in [4.69, 9.17) is 24.5 Å². The van der Waals surface area contributed by atoms with Crippen molar-refractivity contribution in [2.24, 2.45) is 0 Å². The molecule has 14 heteroatoms. The first kappa shape index (κ1) is 29.2. The zero-order valence-electron chi connectivity index (χ0n) is 21.1. The molecule has 2 heterocycles. The fourth-order valence-corrected chi connectivity index (χ4v) is 4.10. The molecule has 2 N–H and O–H groups in total. The molecular weight excluding hydrogens is 488 g/mol. The summed E-state index contributed by atoms with van der Waals surface area (Å²) in [7, 11) is 1.36. The van der Waals surface area contributed by atoms with E-state index in [0.717, 1.165) is 0 Å². The molecule has 0 saturated carbocycles. The molecule has 1 aliphatic rings. The van der Waals surface area contributed by atoms with E-state index >= 15 is 0 Å². The second-order valence-corrected chi connectivity index (χ2v) is 8.19. The summed E-state index contributed by atoms with van der Waals surface area (Å²) in [5.74, 6) is -4.17. The van der Waals surface area contributed by atoms with Gasteiger partial charge in [0.1, 0.15) is 5.54 Å². The number of carboxylic acids is 2. The highest BCUT2D eigenvalue weighted by atomic mass is 16.5. The van der Waals surface area contributed by atoms with Crippen molar-refractivity contribution in [3.8, 4) is 0 Å². The highest BCUT2D eigenvalue weighted by Gasteiger charge is 2.49. The van der Waals surface area contributed by atoms with E-state index in [1.807, 2.05) is 37.3 Å². The van der Waals surface area contributed by atoms with Crippen LogP contribution in [0.25, 0.3) is 0 Å². The predicted molar refractivity (Wildman–Crippen MR) is 130 cm³/mol. The summed E-state index contributed by atoms with van der Waals surface area (Å²) in [6.07, 6.45) is 1.17. The zero-order valence-corrected chi connectivity index (χ0v) is 21.1. The number of tetrazole rings is 1. The van der Waals surface area contributed by atoms with E-state index in [0.29, 0.717) is 51.3 Å². The lowest BCUT2D eigenvalue weighted by Gasteiger charge is -2.46. The Hall–Kier alpha value is -4.07. The standard InChI is InChI=1S/C21H30N6O4.C2H2O4/c1-4-18(28)27(17-9-7-6-8-10-17)21(19(29)31-3)11-13-24(14-12-21)15-16-26-20(30)25(5-2)22-23-26;3-1(4)2(5)6/h6-10H,4-5,11-16H2,1-3H3;(H,3,4)(H,5,6). The Morgan fingerprint density at radius 3 is 2.00 bits per heavy atom. The first-order valence-electron chi connectivity index (χ1n) is 11.8. The Morgan fingerprint density at radius 1 is 0.973 bits per heavy atom. The molecule has 1 aromatic heterocycles. The van der Waals surface area contributed by atoms with Crippen LogP contribution in [0.15, 0.2) is 35.1 Å². The fourth-order valence-electron chi connectivity index (χ4n) is 4.10. The van der Waals surface area contributed by atoms with Crippen LogP contribution in [0.3, 0.4) is 0 Å². The zero-order chi connectivity index (χ0) is 27.6. The average Bonchev–Trinajstić information content (AvgIpc) is 3.27. The summed E-state index contributed by atoms with van der Waals surface area (Å²) < 4.78 is 7.83. The van der Waals surface area contributed by atoms with Gasteiger partial charge in [-0.15, -0.1) is 0 Å². The van der Waals surface area contributed by atoms with Crippen LogP contribution in [0.4, 0.5) is 5.69 Å². The number of para-hydroxylation sites is 1. The molecule has 0 aliphatic carbocycles. The SMILES string of the molecule is CCC(=O)N(c1ccccc1)C1(C(=O)OC)CCN(CCn2nnn(CC)c2=O)CC1.O=C(O)C(=O)O. The highest BCUT2D eigenvalue weighted by molar-refractivity contribution is 6.27. The number of anilines is 1. The van der Waals surface area contributed by atoms with Gasteiger partial charge >= 0.3 is 23.6 Å². The molecular formula is C23H32N6O8. The Bertz CT molecular complexity index is 1130. The molecule has 1 fully saturated rings. The molecule has 3 rings (SSSR count). The number of aromatic nitrogens is 4. The van der Waals surface area contributed by atoms with Crippen molar-refractivity contribution in [2.75, 3.05) is 31.6 Å². The molecule has 1 amide bonds. The van der Waals surface area contributed by atoms with Crippen molar-refractivity contribution in [3.05, 3.63) is 40.8 Å². The number of aliphatic carboxylic acids is 2. The normalized spacial score (nSPS) is 14.7. The largest absolute Gasteiger partial charge is 0.473 e. The monoisotopic (exact) mass is 520 g/mol. The maximum atomic E-state index is 13.0. The maximum Gasteiger partial charge on any atom is 0.414 e. The molecule has 2 aromatic rings. The van der Waals surface area contributed by atoms with E-state index < -0.39 is 23.4 Å². The molecule has 202 valence electrons. The van der Waals surface area contributed by atoms with E-state index in [-0.39, 0.29) is 18.0 Å². The van der Waals surface area contributed by atoms with Gasteiger partial charge in [-0.05, 0) is 42.3 Å². The topological polar surface area (TPSA) is 177 Å². The van der Waals surface area contributed by atoms with Crippen molar-refractivity contribution >= 4 is 29.5 Å². The number of likely N-dealkylation sites (tertiary alicyclic amines) is 1. The summed E-state index contributed by atoms with van der Waals surface area (Å²) in [6, 6.07) is 9.27. The lowest BCUT2D eigenvalue weighted by atomic mass is 9.84. The second-order valence-electron chi connectivity index (χ2n) is 8.19. The summed E-state index contributed by atoms with van der Waals surface area (Å²) in [6.45, 7) is 6.31. The molecule has 1 saturated heterocycles. The first-order valence-corrected chi connectivity index (χ1v) is 11.8. The number of ether oxygens (including phenoxy) is 1. The third kappa shape index (κ3) is 7.00. The van der Waals surface area contributed by atoms with Gasteiger partial charge in [0.2, 0.25) is 5.91 Å². The van der Waals surface area contributed by atoms with Gasteiger partial charge in [0, 0.05) is 38.3 Å². The highest BCUT2D eigenvalue weighted by Crippen LogP contribution is 2.35. The number of piperidine rings is 1. The van der Waals surface area contributed by atoms with Crippen LogP contribution in [-0.2, 0) is 37.0 Å². The average molecular weight is 521 g/mol. The molecule has 0 atom stereocenters. The third-order valence-corrected chi connectivity index (χ3v) is 6.05. The number of carboxylic acid groups (broad SMARTS) is 2. The minimum atomic E-state index is -1.82. The lowest BCUT2D eigenvalue weighted by Crippen LogP contribution is -2.62. The second kappa shape index (κ2) is 13.3. The summed E-state index contributed by atoms with van der Waals surface area (Å²) in [5.41, 5.74) is -0.592. The number of benzene rings is 1. The van der Waals surface area contributed by atoms with Crippen LogP contribution < -0.4 is 10.6 Å². The van der Waals surface area contributed by atoms with Crippen molar-refractivity contribution in [1.29, 1.82) is 0 Å². The number of hydrogen-bond acceptors (Lipinski definition) is 9. The number of methoxy groups -OCH3 is 1. The third-order valence-electron chi connectivity index (χ3n) is 6.05. The van der Waals surface area contributed by atoms with Gasteiger partial charge in [0.05, 0.1) is 13.7 Å². The van der Waals surface area contributed by atoms with Crippen LogP contribution in [0.1, 0.15) is 33.1 Å². The molecule has 0 spiro atoms. The summed E-state index contributed by atoms with van der Waals surface area (Å²) in [4.78, 5) is 60.1. The smallest absolute Gasteiger partial charge is 0.414 e. The van der Waals surface area contributed by atoms with Crippen LogP contribution in [0.2, 0.25) is 0 Å². The Balaban J connectivity index is 0.000000717. The number of rotatable bonds is 8. The molecule has 0 bridgehead atoms.